The van der Waals surface area contributed by atoms with Crippen molar-refractivity contribution in [3.8, 4) is 0 Å². The zero-order valence-electron chi connectivity index (χ0n) is 8.47. The van der Waals surface area contributed by atoms with Crippen molar-refractivity contribution in [1.82, 2.24) is 19.1 Å². The van der Waals surface area contributed by atoms with Crippen LogP contribution in [0.4, 0.5) is 5.69 Å². The fourth-order valence-electron chi connectivity index (χ4n) is 1.07. The summed E-state index contributed by atoms with van der Waals surface area (Å²) in [5, 5.41) is 5.02. The van der Waals surface area contributed by atoms with E-state index in [1.807, 2.05) is 14.0 Å². The van der Waals surface area contributed by atoms with Gasteiger partial charge in [-0.25, -0.2) is 4.98 Å². The summed E-state index contributed by atoms with van der Waals surface area (Å²) in [7, 11) is 1.85. The van der Waals surface area contributed by atoms with E-state index in [0.29, 0.717) is 5.69 Å². The summed E-state index contributed by atoms with van der Waals surface area (Å²) in [4.78, 5) is 4.34. The number of nitrogens with two attached hydrogens (primary N) is 1. The third-order valence-corrected chi connectivity index (χ3v) is 3.57. The first-order chi connectivity index (χ1) is 7.19. The lowest BCUT2D eigenvalue weighted by Gasteiger charge is -1.91. The number of aryl methyl sites for hydroxylation is 2. The molecule has 2 N–H and O–H groups in total. The Morgan fingerprint density at radius 1 is 1.60 bits per heavy atom. The molecule has 7 heteroatoms. The Morgan fingerprint density at radius 2 is 2.40 bits per heavy atom. The molecule has 0 fully saturated rings. The van der Waals surface area contributed by atoms with Crippen LogP contribution in [0.15, 0.2) is 15.6 Å². The number of hydrogen-bond acceptors (Lipinski definition) is 6. The maximum atomic E-state index is 5.78. The minimum Gasteiger partial charge on any atom is -0.395 e. The normalized spacial score (nSPS) is 10.8. The number of nitrogens with zero attached hydrogens (tertiary/aromatic N) is 4. The lowest BCUT2D eigenvalue weighted by atomic mass is 10.5. The molecule has 2 heterocycles. The number of anilines is 1. The minimum absolute atomic E-state index is 0.677. The Hall–Kier alpha value is -1.08. The Morgan fingerprint density at radius 3 is 2.93 bits per heavy atom. The van der Waals surface area contributed by atoms with Gasteiger partial charge in [-0.05, 0) is 23.3 Å². The molecule has 0 aliphatic heterocycles. The number of nitrogen functional groups attached to an aromatic ring is 1. The summed E-state index contributed by atoms with van der Waals surface area (Å²) in [6, 6.07) is 0. The van der Waals surface area contributed by atoms with Gasteiger partial charge in [-0.2, -0.15) is 9.47 Å². The van der Waals surface area contributed by atoms with Gasteiger partial charge in [0.15, 0.2) is 4.34 Å². The molecule has 0 radical (unpaired) electrons. The van der Waals surface area contributed by atoms with Crippen molar-refractivity contribution < 1.29 is 0 Å². The molecule has 0 atom stereocenters. The molecule has 0 unspecified atom stereocenters. The summed E-state index contributed by atoms with van der Waals surface area (Å²) in [5.41, 5.74) is 6.46. The van der Waals surface area contributed by atoms with Crippen molar-refractivity contribution in [1.29, 1.82) is 0 Å². The molecule has 0 aliphatic carbocycles. The SMILES string of the molecule is CCc1nsc(Sc2nn(C)cc2N)n1. The summed E-state index contributed by atoms with van der Waals surface area (Å²) in [5.74, 6) is 0.872. The Labute approximate surface area is 95.9 Å². The molecule has 0 spiro atoms. The zero-order valence-corrected chi connectivity index (χ0v) is 10.1. The average Bonchev–Trinajstić information content (AvgIpc) is 2.75. The Kier molecular flexibility index (Phi) is 2.92. The van der Waals surface area contributed by atoms with Gasteiger partial charge in [0.1, 0.15) is 10.9 Å². The van der Waals surface area contributed by atoms with E-state index in [1.54, 1.807) is 10.9 Å². The highest BCUT2D eigenvalue weighted by molar-refractivity contribution is 8.01. The highest BCUT2D eigenvalue weighted by atomic mass is 32.2. The fourth-order valence-corrected chi connectivity index (χ4v) is 2.73. The van der Waals surface area contributed by atoms with Crippen LogP contribution in [0.5, 0.6) is 0 Å². The molecule has 2 rings (SSSR count). The average molecular weight is 241 g/mol. The van der Waals surface area contributed by atoms with Gasteiger partial charge in [-0.3, -0.25) is 4.68 Å². The van der Waals surface area contributed by atoms with Crippen molar-refractivity contribution in [3.63, 3.8) is 0 Å². The van der Waals surface area contributed by atoms with Gasteiger partial charge in [0.25, 0.3) is 0 Å². The molecule has 0 aliphatic rings. The van der Waals surface area contributed by atoms with Crippen LogP contribution in [-0.2, 0) is 13.5 Å². The van der Waals surface area contributed by atoms with Crippen molar-refractivity contribution >= 4 is 29.0 Å². The maximum absolute atomic E-state index is 5.78. The topological polar surface area (TPSA) is 69.6 Å². The molecule has 0 saturated carbocycles. The first-order valence-corrected chi connectivity index (χ1v) is 6.07. The summed E-state index contributed by atoms with van der Waals surface area (Å²) in [6.45, 7) is 2.03. The van der Waals surface area contributed by atoms with E-state index >= 15 is 0 Å². The number of hydrogen-bond donors (Lipinski definition) is 1. The molecule has 15 heavy (non-hydrogen) atoms. The van der Waals surface area contributed by atoms with Gasteiger partial charge in [-0.15, -0.1) is 0 Å². The summed E-state index contributed by atoms with van der Waals surface area (Å²) < 4.78 is 6.78. The van der Waals surface area contributed by atoms with E-state index in [-0.39, 0.29) is 0 Å². The quantitative estimate of drug-likeness (QED) is 0.883. The van der Waals surface area contributed by atoms with E-state index in [2.05, 4.69) is 14.5 Å². The summed E-state index contributed by atoms with van der Waals surface area (Å²) in [6.07, 6.45) is 2.64. The van der Waals surface area contributed by atoms with Crippen LogP contribution in [0.2, 0.25) is 0 Å². The van der Waals surface area contributed by atoms with Crippen LogP contribution in [0.3, 0.4) is 0 Å². The predicted octanol–water partition coefficient (Wildman–Crippen LogP) is 1.57. The summed E-state index contributed by atoms with van der Waals surface area (Å²) >= 11 is 2.84. The van der Waals surface area contributed by atoms with Gasteiger partial charge >= 0.3 is 0 Å². The van der Waals surface area contributed by atoms with E-state index in [4.69, 9.17) is 5.73 Å². The third-order valence-electron chi connectivity index (χ3n) is 1.77. The molecular formula is C8H11N5S2. The highest BCUT2D eigenvalue weighted by Crippen LogP contribution is 2.31. The smallest absolute Gasteiger partial charge is 0.176 e. The predicted molar refractivity (Wildman–Crippen MR) is 61.0 cm³/mol. The molecular weight excluding hydrogens is 230 g/mol. The monoisotopic (exact) mass is 241 g/mol. The third kappa shape index (κ3) is 2.29. The minimum atomic E-state index is 0.677. The van der Waals surface area contributed by atoms with Gasteiger partial charge in [0.2, 0.25) is 0 Å². The van der Waals surface area contributed by atoms with Crippen LogP contribution < -0.4 is 5.73 Å². The fraction of sp³-hybridized carbons (Fsp3) is 0.375. The first-order valence-electron chi connectivity index (χ1n) is 4.48. The van der Waals surface area contributed by atoms with Crippen molar-refractivity contribution in [3.05, 3.63) is 12.0 Å². The molecule has 80 valence electrons. The van der Waals surface area contributed by atoms with Crippen LogP contribution >= 0.6 is 23.3 Å². The maximum Gasteiger partial charge on any atom is 0.176 e. The first kappa shape index (κ1) is 10.4. The van der Waals surface area contributed by atoms with Crippen LogP contribution in [0.25, 0.3) is 0 Å². The molecule has 2 aromatic heterocycles. The van der Waals surface area contributed by atoms with E-state index < -0.39 is 0 Å². The van der Waals surface area contributed by atoms with Crippen LogP contribution in [0.1, 0.15) is 12.7 Å². The zero-order chi connectivity index (χ0) is 10.8. The molecule has 0 aromatic carbocycles. The van der Waals surface area contributed by atoms with Gasteiger partial charge in [0, 0.05) is 19.7 Å². The lowest BCUT2D eigenvalue weighted by Crippen LogP contribution is -1.86. The van der Waals surface area contributed by atoms with E-state index in [1.165, 1.54) is 23.3 Å². The van der Waals surface area contributed by atoms with Crippen LogP contribution in [-0.4, -0.2) is 19.1 Å². The number of rotatable bonds is 3. The molecule has 2 aromatic rings. The van der Waals surface area contributed by atoms with Crippen LogP contribution in [0, 0.1) is 0 Å². The second-order valence-electron chi connectivity index (χ2n) is 3.00. The lowest BCUT2D eigenvalue weighted by molar-refractivity contribution is 0.738. The largest absolute Gasteiger partial charge is 0.395 e. The molecule has 5 nitrogen and oxygen atoms in total. The van der Waals surface area contributed by atoms with E-state index in [0.717, 1.165) is 21.6 Å². The van der Waals surface area contributed by atoms with E-state index in [9.17, 15) is 0 Å². The second kappa shape index (κ2) is 4.19. The molecule has 0 amide bonds. The van der Waals surface area contributed by atoms with Crippen molar-refractivity contribution in [2.24, 2.45) is 7.05 Å². The van der Waals surface area contributed by atoms with Gasteiger partial charge in [0.05, 0.1) is 5.69 Å². The van der Waals surface area contributed by atoms with Gasteiger partial charge < -0.3 is 5.73 Å². The highest BCUT2D eigenvalue weighted by Gasteiger charge is 2.10. The molecule has 0 saturated heterocycles. The molecule has 0 bridgehead atoms. The number of aromatic nitrogens is 4. The van der Waals surface area contributed by atoms with Gasteiger partial charge in [-0.1, -0.05) is 6.92 Å². The standard InChI is InChI=1S/C8H11N5S2/c1-3-6-10-8(15-12-6)14-7-5(9)4-13(2)11-7/h4H,3,9H2,1-2H3. The second-order valence-corrected chi connectivity index (χ2v) is 4.98. The van der Waals surface area contributed by atoms with Crippen molar-refractivity contribution in [2.45, 2.75) is 22.7 Å². The Bertz CT molecular complexity index is 461. The Balaban J connectivity index is 2.17. The van der Waals surface area contributed by atoms with Crippen molar-refractivity contribution in [2.75, 3.05) is 5.73 Å².